The van der Waals surface area contributed by atoms with Gasteiger partial charge in [-0.15, -0.1) is 0 Å². The lowest BCUT2D eigenvalue weighted by Crippen LogP contribution is -2.18. The summed E-state index contributed by atoms with van der Waals surface area (Å²) in [5.74, 6) is 2.66. The monoisotopic (exact) mass is 315 g/mol. The molecule has 0 aliphatic carbocycles. The molecule has 2 aliphatic heterocycles. The zero-order chi connectivity index (χ0) is 16.0. The number of hydrogen-bond donors (Lipinski definition) is 1. The number of hydrogen-bond acceptors (Lipinski definition) is 6. The Morgan fingerprint density at radius 3 is 3.04 bits per heavy atom. The quantitative estimate of drug-likeness (QED) is 0.921. The molecule has 1 aromatic carbocycles. The molecule has 0 bridgehead atoms. The van der Waals surface area contributed by atoms with Crippen LogP contribution in [-0.2, 0) is 19.6 Å². The molecule has 0 saturated carbocycles. The molecular formula is C16H17N3O4. The Hall–Kier alpha value is -2.54. The second-order valence-electron chi connectivity index (χ2n) is 5.75. The minimum atomic E-state index is -0.0433. The number of aryl methyl sites for hydroxylation is 1. The van der Waals surface area contributed by atoms with E-state index < -0.39 is 0 Å². The zero-order valence-corrected chi connectivity index (χ0v) is 13.0. The van der Waals surface area contributed by atoms with Crippen LogP contribution in [0.2, 0.25) is 0 Å². The van der Waals surface area contributed by atoms with Gasteiger partial charge in [-0.3, -0.25) is 9.69 Å². The summed E-state index contributed by atoms with van der Waals surface area (Å²) in [6.45, 7) is 3.95. The molecule has 4 rings (SSSR count). The largest absolute Gasteiger partial charge is 0.493 e. The van der Waals surface area contributed by atoms with Crippen molar-refractivity contribution in [3.05, 3.63) is 45.1 Å². The van der Waals surface area contributed by atoms with Gasteiger partial charge in [-0.2, -0.15) is 0 Å². The van der Waals surface area contributed by atoms with Gasteiger partial charge in [0.05, 0.1) is 18.4 Å². The molecule has 0 spiro atoms. The molecule has 7 nitrogen and oxygen atoms in total. The van der Waals surface area contributed by atoms with Crippen LogP contribution in [0.25, 0.3) is 0 Å². The van der Waals surface area contributed by atoms with Crippen LogP contribution < -0.4 is 19.8 Å². The third-order valence-electron chi connectivity index (χ3n) is 4.10. The van der Waals surface area contributed by atoms with Crippen molar-refractivity contribution in [2.24, 2.45) is 0 Å². The normalized spacial score (nSPS) is 15.7. The number of aromatic nitrogens is 2. The molecule has 1 aromatic heterocycles. The van der Waals surface area contributed by atoms with Crippen LogP contribution in [0.15, 0.2) is 16.9 Å². The lowest BCUT2D eigenvalue weighted by atomic mass is 10.1. The molecule has 7 heteroatoms. The Balaban J connectivity index is 1.59. The highest BCUT2D eigenvalue weighted by molar-refractivity contribution is 5.55. The van der Waals surface area contributed by atoms with Crippen LogP contribution in [0, 0.1) is 6.92 Å². The number of nitrogens with one attached hydrogen (secondary N) is 1. The summed E-state index contributed by atoms with van der Waals surface area (Å²) < 4.78 is 16.2. The van der Waals surface area contributed by atoms with Crippen molar-refractivity contribution in [1.29, 1.82) is 0 Å². The van der Waals surface area contributed by atoms with E-state index in [1.807, 2.05) is 12.1 Å². The first-order valence-corrected chi connectivity index (χ1v) is 7.41. The van der Waals surface area contributed by atoms with Gasteiger partial charge in [0, 0.05) is 19.6 Å². The number of rotatable bonds is 3. The van der Waals surface area contributed by atoms with E-state index >= 15 is 0 Å². The van der Waals surface area contributed by atoms with E-state index in [-0.39, 0.29) is 12.4 Å². The zero-order valence-electron chi connectivity index (χ0n) is 13.0. The van der Waals surface area contributed by atoms with E-state index in [4.69, 9.17) is 14.2 Å². The Labute approximate surface area is 132 Å². The van der Waals surface area contributed by atoms with Gasteiger partial charge in [0.2, 0.25) is 12.5 Å². The number of aromatic amines is 1. The molecule has 2 aliphatic rings. The average molecular weight is 315 g/mol. The summed E-state index contributed by atoms with van der Waals surface area (Å²) in [4.78, 5) is 21.4. The fourth-order valence-electron chi connectivity index (χ4n) is 3.10. The average Bonchev–Trinajstić information content (AvgIpc) is 3.12. The molecule has 0 unspecified atom stereocenters. The smallest absolute Gasteiger partial charge is 0.255 e. The Kier molecular flexibility index (Phi) is 3.23. The summed E-state index contributed by atoms with van der Waals surface area (Å²) in [6, 6.07) is 3.90. The van der Waals surface area contributed by atoms with Crippen molar-refractivity contribution < 1.29 is 14.2 Å². The van der Waals surface area contributed by atoms with Gasteiger partial charge in [-0.1, -0.05) is 0 Å². The maximum absolute atomic E-state index is 12.0. The summed E-state index contributed by atoms with van der Waals surface area (Å²) in [5.41, 5.74) is 2.62. The van der Waals surface area contributed by atoms with Crippen LogP contribution in [0.3, 0.4) is 0 Å². The highest BCUT2D eigenvalue weighted by Gasteiger charge is 2.25. The Bertz CT molecular complexity index is 831. The highest BCUT2D eigenvalue weighted by atomic mass is 16.7. The van der Waals surface area contributed by atoms with Crippen molar-refractivity contribution in [3.63, 3.8) is 0 Å². The summed E-state index contributed by atoms with van der Waals surface area (Å²) in [5, 5.41) is 0. The number of H-pyrrole nitrogens is 1. The van der Waals surface area contributed by atoms with Crippen LogP contribution in [-0.4, -0.2) is 28.8 Å². The second-order valence-corrected chi connectivity index (χ2v) is 5.75. The number of methoxy groups -OCH3 is 1. The van der Waals surface area contributed by atoms with E-state index in [1.165, 1.54) is 0 Å². The van der Waals surface area contributed by atoms with Gasteiger partial charge in [-0.25, -0.2) is 4.98 Å². The Morgan fingerprint density at radius 2 is 2.22 bits per heavy atom. The molecule has 3 heterocycles. The summed E-state index contributed by atoms with van der Waals surface area (Å²) >= 11 is 0. The van der Waals surface area contributed by atoms with E-state index in [9.17, 15) is 4.79 Å². The lowest BCUT2D eigenvalue weighted by Gasteiger charge is -2.15. The van der Waals surface area contributed by atoms with Gasteiger partial charge in [-0.05, 0) is 24.6 Å². The molecule has 2 aromatic rings. The van der Waals surface area contributed by atoms with Gasteiger partial charge in [0.1, 0.15) is 5.82 Å². The minimum absolute atomic E-state index is 0.0433. The fourth-order valence-corrected chi connectivity index (χ4v) is 3.10. The van der Waals surface area contributed by atoms with Gasteiger partial charge in [0.25, 0.3) is 5.56 Å². The van der Waals surface area contributed by atoms with Gasteiger partial charge in [0.15, 0.2) is 11.5 Å². The van der Waals surface area contributed by atoms with Crippen LogP contribution >= 0.6 is 0 Å². The maximum Gasteiger partial charge on any atom is 0.255 e. The molecule has 0 fully saturated rings. The van der Waals surface area contributed by atoms with E-state index in [1.54, 1.807) is 14.0 Å². The van der Waals surface area contributed by atoms with E-state index in [0.717, 1.165) is 16.8 Å². The van der Waals surface area contributed by atoms with Crippen LogP contribution in [0.5, 0.6) is 17.2 Å². The molecule has 23 heavy (non-hydrogen) atoms. The fraction of sp³-hybridized carbons (Fsp3) is 0.375. The number of nitrogens with zero attached hydrogens (tertiary/aromatic N) is 2. The van der Waals surface area contributed by atoms with Gasteiger partial charge < -0.3 is 19.2 Å². The van der Waals surface area contributed by atoms with Crippen molar-refractivity contribution in [2.75, 3.05) is 13.9 Å². The highest BCUT2D eigenvalue weighted by Crippen LogP contribution is 2.42. The first-order valence-electron chi connectivity index (χ1n) is 7.41. The number of ether oxygens (including phenoxy) is 3. The first-order chi connectivity index (χ1) is 11.1. The van der Waals surface area contributed by atoms with E-state index in [2.05, 4.69) is 14.9 Å². The second kappa shape index (κ2) is 5.27. The molecule has 0 saturated heterocycles. The summed E-state index contributed by atoms with van der Waals surface area (Å²) in [6.07, 6.45) is 0. The van der Waals surface area contributed by atoms with Gasteiger partial charge >= 0.3 is 0 Å². The molecule has 120 valence electrons. The third kappa shape index (κ3) is 2.43. The first kappa shape index (κ1) is 14.1. The third-order valence-corrected chi connectivity index (χ3v) is 4.10. The molecular weight excluding hydrogens is 298 g/mol. The topological polar surface area (TPSA) is 76.7 Å². The van der Waals surface area contributed by atoms with Crippen molar-refractivity contribution >= 4 is 0 Å². The van der Waals surface area contributed by atoms with Crippen molar-refractivity contribution in [3.8, 4) is 17.2 Å². The van der Waals surface area contributed by atoms with Crippen molar-refractivity contribution in [2.45, 2.75) is 26.6 Å². The molecule has 0 atom stereocenters. The predicted molar refractivity (Wildman–Crippen MR) is 81.7 cm³/mol. The van der Waals surface area contributed by atoms with E-state index in [0.29, 0.717) is 42.7 Å². The van der Waals surface area contributed by atoms with Crippen molar-refractivity contribution in [1.82, 2.24) is 14.9 Å². The number of fused-ring (bicyclic) bond motifs is 2. The number of benzene rings is 1. The maximum atomic E-state index is 12.0. The lowest BCUT2D eigenvalue weighted by molar-refractivity contribution is 0.171. The SMILES string of the molecule is COc1cc(CN2Cc3nc(C)[nH]c(=O)c3C2)cc2c1OCO2. The molecule has 0 radical (unpaired) electrons. The molecule has 1 N–H and O–H groups in total. The summed E-state index contributed by atoms with van der Waals surface area (Å²) in [7, 11) is 1.61. The predicted octanol–water partition coefficient (Wildman–Crippen LogP) is 1.33. The van der Waals surface area contributed by atoms with Crippen LogP contribution in [0.4, 0.5) is 0 Å². The minimum Gasteiger partial charge on any atom is -0.493 e. The standard InChI is InChI=1S/C16H17N3O4/c1-9-17-12-7-19(6-11(12)16(20)18-9)5-10-3-13(21-2)15-14(4-10)22-8-23-15/h3-4H,5-8H2,1-2H3,(H,17,18,20). The molecule has 0 amide bonds. The Morgan fingerprint density at radius 1 is 1.35 bits per heavy atom. The van der Waals surface area contributed by atoms with Crippen LogP contribution in [0.1, 0.15) is 22.6 Å².